The van der Waals surface area contributed by atoms with Gasteiger partial charge in [-0.05, 0) is 31.2 Å². The first-order chi connectivity index (χ1) is 13.3. The van der Waals surface area contributed by atoms with Crippen molar-refractivity contribution < 1.29 is 37.4 Å². The van der Waals surface area contributed by atoms with E-state index in [1.54, 1.807) is 0 Å². The standard InChI is InChI=1S/C19H17F2NO6/c1-10(18(24)22-14-6-5-12(20)8-13(14)21)28-19(25)16-11(9-23)4-7-15(26-2)17(16)27-3/h4-10H,1-3H3,(H,22,24)/t10-/m1/s1. The molecule has 1 N–H and O–H groups in total. The van der Waals surface area contributed by atoms with E-state index in [0.29, 0.717) is 12.4 Å². The zero-order chi connectivity index (χ0) is 20.8. The van der Waals surface area contributed by atoms with Gasteiger partial charge in [-0.25, -0.2) is 13.6 Å². The topological polar surface area (TPSA) is 90.9 Å². The molecule has 1 atom stereocenters. The molecule has 0 aliphatic rings. The monoisotopic (exact) mass is 393 g/mol. The van der Waals surface area contributed by atoms with Crippen LogP contribution in [0.1, 0.15) is 27.6 Å². The SMILES string of the molecule is COc1ccc(C=O)c(C(=O)O[C@H](C)C(=O)Nc2ccc(F)cc2F)c1OC. The van der Waals surface area contributed by atoms with Gasteiger partial charge in [0.2, 0.25) is 0 Å². The average Bonchev–Trinajstić information content (AvgIpc) is 2.68. The Morgan fingerprint density at radius 1 is 1.11 bits per heavy atom. The van der Waals surface area contributed by atoms with Crippen LogP contribution in [0.2, 0.25) is 0 Å². The number of esters is 1. The molecule has 0 spiro atoms. The van der Waals surface area contributed by atoms with Crippen LogP contribution < -0.4 is 14.8 Å². The third-order valence-corrected chi connectivity index (χ3v) is 3.75. The molecule has 148 valence electrons. The Morgan fingerprint density at radius 3 is 2.39 bits per heavy atom. The fourth-order valence-electron chi connectivity index (χ4n) is 2.35. The summed E-state index contributed by atoms with van der Waals surface area (Å²) < 4.78 is 41.9. The summed E-state index contributed by atoms with van der Waals surface area (Å²) in [5, 5.41) is 2.19. The summed E-state index contributed by atoms with van der Waals surface area (Å²) in [6.45, 7) is 1.25. The number of ether oxygens (including phenoxy) is 3. The van der Waals surface area contributed by atoms with E-state index in [1.807, 2.05) is 0 Å². The molecule has 0 aromatic heterocycles. The van der Waals surface area contributed by atoms with E-state index in [4.69, 9.17) is 14.2 Å². The van der Waals surface area contributed by atoms with Crippen LogP contribution in [-0.2, 0) is 9.53 Å². The highest BCUT2D eigenvalue weighted by molar-refractivity contribution is 6.03. The van der Waals surface area contributed by atoms with Crippen molar-refractivity contribution in [3.05, 3.63) is 53.1 Å². The highest BCUT2D eigenvalue weighted by atomic mass is 19.1. The molecule has 1 amide bonds. The van der Waals surface area contributed by atoms with Crippen LogP contribution >= 0.6 is 0 Å². The number of aldehydes is 1. The summed E-state index contributed by atoms with van der Waals surface area (Å²) in [5.41, 5.74) is -0.522. The number of rotatable bonds is 7. The number of halogens is 2. The molecule has 0 saturated heterocycles. The molecule has 7 nitrogen and oxygen atoms in total. The predicted octanol–water partition coefficient (Wildman–Crippen LogP) is 2.98. The quantitative estimate of drug-likeness (QED) is 0.575. The lowest BCUT2D eigenvalue weighted by Gasteiger charge is -2.17. The van der Waals surface area contributed by atoms with E-state index in [1.165, 1.54) is 33.3 Å². The van der Waals surface area contributed by atoms with E-state index in [0.717, 1.165) is 12.1 Å². The van der Waals surface area contributed by atoms with Crippen LogP contribution in [0.3, 0.4) is 0 Å². The molecule has 28 heavy (non-hydrogen) atoms. The van der Waals surface area contributed by atoms with Crippen LogP contribution in [0.15, 0.2) is 30.3 Å². The van der Waals surface area contributed by atoms with E-state index in [-0.39, 0.29) is 28.3 Å². The summed E-state index contributed by atoms with van der Waals surface area (Å²) in [4.78, 5) is 36.0. The van der Waals surface area contributed by atoms with Gasteiger partial charge in [-0.1, -0.05) is 0 Å². The molecule has 9 heteroatoms. The third kappa shape index (κ3) is 4.43. The number of methoxy groups -OCH3 is 2. The number of hydrogen-bond donors (Lipinski definition) is 1. The van der Waals surface area contributed by atoms with Gasteiger partial charge in [0.05, 0.1) is 19.9 Å². The Labute approximate surface area is 159 Å². The number of benzene rings is 2. The normalized spacial score (nSPS) is 11.3. The first-order valence-electron chi connectivity index (χ1n) is 7.99. The number of amides is 1. The molecular weight excluding hydrogens is 376 g/mol. The lowest BCUT2D eigenvalue weighted by molar-refractivity contribution is -0.123. The first kappa shape index (κ1) is 20.8. The van der Waals surface area contributed by atoms with Crippen molar-refractivity contribution in [2.24, 2.45) is 0 Å². The maximum absolute atomic E-state index is 13.7. The molecule has 0 unspecified atom stereocenters. The first-order valence-corrected chi connectivity index (χ1v) is 7.99. The van der Waals surface area contributed by atoms with Gasteiger partial charge < -0.3 is 19.5 Å². The van der Waals surface area contributed by atoms with Crippen molar-refractivity contribution in [1.82, 2.24) is 0 Å². The van der Waals surface area contributed by atoms with E-state index < -0.39 is 29.6 Å². The minimum Gasteiger partial charge on any atom is -0.493 e. The van der Waals surface area contributed by atoms with Crippen molar-refractivity contribution in [1.29, 1.82) is 0 Å². The Balaban J connectivity index is 2.22. The van der Waals surface area contributed by atoms with Gasteiger partial charge in [-0.3, -0.25) is 9.59 Å². The smallest absolute Gasteiger partial charge is 0.343 e. The Hall–Kier alpha value is -3.49. The number of nitrogens with one attached hydrogen (secondary N) is 1. The zero-order valence-corrected chi connectivity index (χ0v) is 15.2. The summed E-state index contributed by atoms with van der Waals surface area (Å²) >= 11 is 0. The van der Waals surface area contributed by atoms with E-state index in [9.17, 15) is 23.2 Å². The van der Waals surface area contributed by atoms with Gasteiger partial charge in [0.25, 0.3) is 5.91 Å². The molecule has 0 radical (unpaired) electrons. The van der Waals surface area contributed by atoms with Gasteiger partial charge >= 0.3 is 5.97 Å². The second kappa shape index (κ2) is 8.94. The minimum atomic E-state index is -1.35. The summed E-state index contributed by atoms with van der Waals surface area (Å²) in [6, 6.07) is 5.37. The second-order valence-electron chi connectivity index (χ2n) is 5.54. The van der Waals surface area contributed by atoms with Gasteiger partial charge in [-0.2, -0.15) is 0 Å². The molecule has 0 bridgehead atoms. The lowest BCUT2D eigenvalue weighted by Crippen LogP contribution is -2.30. The molecule has 2 aromatic rings. The van der Waals surface area contributed by atoms with Gasteiger partial charge in [0, 0.05) is 11.6 Å². The maximum atomic E-state index is 13.7. The largest absolute Gasteiger partial charge is 0.493 e. The molecule has 0 aliphatic heterocycles. The van der Waals surface area contributed by atoms with Crippen LogP contribution in [0, 0.1) is 11.6 Å². The van der Waals surface area contributed by atoms with Gasteiger partial charge in [0.1, 0.15) is 17.2 Å². The van der Waals surface area contributed by atoms with E-state index >= 15 is 0 Å². The predicted molar refractivity (Wildman–Crippen MR) is 94.8 cm³/mol. The number of anilines is 1. The summed E-state index contributed by atoms with van der Waals surface area (Å²) in [5.74, 6) is -3.50. The fraction of sp³-hybridized carbons (Fsp3) is 0.211. The fourth-order valence-corrected chi connectivity index (χ4v) is 2.35. The molecule has 2 aromatic carbocycles. The van der Waals surface area contributed by atoms with Crippen molar-refractivity contribution >= 4 is 23.9 Å². The molecule has 0 heterocycles. The lowest BCUT2D eigenvalue weighted by atomic mass is 10.1. The summed E-state index contributed by atoms with van der Waals surface area (Å²) in [7, 11) is 2.62. The Kier molecular flexibility index (Phi) is 6.64. The Bertz CT molecular complexity index is 916. The molecule has 2 rings (SSSR count). The third-order valence-electron chi connectivity index (χ3n) is 3.75. The maximum Gasteiger partial charge on any atom is 0.343 e. The molecular formula is C19H17F2NO6. The van der Waals surface area contributed by atoms with Gasteiger partial charge in [0.15, 0.2) is 23.9 Å². The Morgan fingerprint density at radius 2 is 1.82 bits per heavy atom. The van der Waals surface area contributed by atoms with Crippen LogP contribution in [0.5, 0.6) is 11.5 Å². The molecule has 0 aliphatic carbocycles. The minimum absolute atomic E-state index is 0.0279. The van der Waals surface area contributed by atoms with Crippen molar-refractivity contribution in [3.63, 3.8) is 0 Å². The number of hydrogen-bond acceptors (Lipinski definition) is 6. The molecule has 0 fully saturated rings. The second-order valence-corrected chi connectivity index (χ2v) is 5.54. The zero-order valence-electron chi connectivity index (χ0n) is 15.2. The average molecular weight is 393 g/mol. The number of carbonyl (C=O) groups is 3. The van der Waals surface area contributed by atoms with Crippen LogP contribution in [0.25, 0.3) is 0 Å². The van der Waals surface area contributed by atoms with Crippen molar-refractivity contribution in [2.75, 3.05) is 19.5 Å². The van der Waals surface area contributed by atoms with E-state index in [2.05, 4.69) is 5.32 Å². The van der Waals surface area contributed by atoms with Gasteiger partial charge in [-0.15, -0.1) is 0 Å². The van der Waals surface area contributed by atoms with Crippen molar-refractivity contribution in [3.8, 4) is 11.5 Å². The van der Waals surface area contributed by atoms with Crippen molar-refractivity contribution in [2.45, 2.75) is 13.0 Å². The summed E-state index contributed by atoms with van der Waals surface area (Å²) in [6.07, 6.45) is -0.927. The highest BCUT2D eigenvalue weighted by Crippen LogP contribution is 2.33. The van der Waals surface area contributed by atoms with Crippen LogP contribution in [-0.4, -0.2) is 38.5 Å². The molecule has 0 saturated carbocycles. The highest BCUT2D eigenvalue weighted by Gasteiger charge is 2.26. The van der Waals surface area contributed by atoms with Crippen LogP contribution in [0.4, 0.5) is 14.5 Å². The number of carbonyl (C=O) groups excluding carboxylic acids is 3.